The minimum Gasteiger partial charge on any atom is -0.325 e. The third kappa shape index (κ3) is 2.51. The first-order valence-corrected chi connectivity index (χ1v) is 5.47. The van der Waals surface area contributed by atoms with Gasteiger partial charge in [-0.1, -0.05) is 12.1 Å². The van der Waals surface area contributed by atoms with Crippen molar-refractivity contribution in [2.75, 3.05) is 5.32 Å². The van der Waals surface area contributed by atoms with Gasteiger partial charge >= 0.3 is 0 Å². The molecule has 0 radical (unpaired) electrons. The Balaban J connectivity index is 2.26. The van der Waals surface area contributed by atoms with E-state index in [4.69, 9.17) is 5.73 Å². The molecule has 7 nitrogen and oxygen atoms in total. The van der Waals surface area contributed by atoms with Crippen molar-refractivity contribution in [3.8, 4) is 11.4 Å². The molecule has 94 valence electrons. The smallest absolute Gasteiger partial charge is 0.240 e. The van der Waals surface area contributed by atoms with Gasteiger partial charge in [-0.3, -0.25) is 4.79 Å². The highest BCUT2D eigenvalue weighted by Gasteiger charge is 2.10. The van der Waals surface area contributed by atoms with Crippen LogP contribution in [-0.2, 0) is 11.8 Å². The molecule has 18 heavy (non-hydrogen) atoms. The minimum atomic E-state index is -0.551. The summed E-state index contributed by atoms with van der Waals surface area (Å²) in [6.07, 6.45) is 0. The predicted octanol–water partition coefficient (Wildman–Crippen LogP) is 0.163. The normalized spacial score (nSPS) is 12.2. The number of amides is 1. The van der Waals surface area contributed by atoms with E-state index in [-0.39, 0.29) is 5.91 Å². The quantitative estimate of drug-likeness (QED) is 0.804. The van der Waals surface area contributed by atoms with Gasteiger partial charge in [0.2, 0.25) is 5.91 Å². The summed E-state index contributed by atoms with van der Waals surface area (Å²) in [7, 11) is 1.75. The monoisotopic (exact) mass is 246 g/mol. The molecule has 1 aromatic heterocycles. The van der Waals surface area contributed by atoms with Crippen LogP contribution in [0.2, 0.25) is 0 Å². The van der Waals surface area contributed by atoms with E-state index < -0.39 is 6.04 Å². The second-order valence-corrected chi connectivity index (χ2v) is 3.98. The van der Waals surface area contributed by atoms with Gasteiger partial charge in [-0.2, -0.15) is 0 Å². The first-order valence-electron chi connectivity index (χ1n) is 5.47. The second-order valence-electron chi connectivity index (χ2n) is 3.98. The lowest BCUT2D eigenvalue weighted by atomic mass is 10.2. The third-order valence-electron chi connectivity index (χ3n) is 2.42. The molecule has 0 saturated heterocycles. The largest absolute Gasteiger partial charge is 0.325 e. The number of aryl methyl sites for hydroxylation is 1. The van der Waals surface area contributed by atoms with Crippen molar-refractivity contribution in [1.82, 2.24) is 20.2 Å². The lowest BCUT2D eigenvalue weighted by Gasteiger charge is -2.08. The van der Waals surface area contributed by atoms with E-state index in [1.165, 1.54) is 0 Å². The van der Waals surface area contributed by atoms with Crippen molar-refractivity contribution in [1.29, 1.82) is 0 Å². The van der Waals surface area contributed by atoms with Crippen LogP contribution in [-0.4, -0.2) is 32.2 Å². The van der Waals surface area contributed by atoms with Gasteiger partial charge < -0.3 is 11.1 Å². The van der Waals surface area contributed by atoms with Crippen molar-refractivity contribution in [3.63, 3.8) is 0 Å². The molecule has 0 spiro atoms. The molecule has 0 aliphatic carbocycles. The van der Waals surface area contributed by atoms with Crippen LogP contribution >= 0.6 is 0 Å². The van der Waals surface area contributed by atoms with E-state index in [1.54, 1.807) is 30.8 Å². The van der Waals surface area contributed by atoms with Crippen molar-refractivity contribution in [3.05, 3.63) is 24.3 Å². The van der Waals surface area contributed by atoms with Crippen molar-refractivity contribution in [2.45, 2.75) is 13.0 Å². The number of hydrogen-bond acceptors (Lipinski definition) is 5. The molecule has 0 aliphatic rings. The molecule has 0 aliphatic heterocycles. The zero-order chi connectivity index (χ0) is 13.1. The SMILES string of the molecule is C[C@@H](N)C(=O)Nc1cccc(-c2nnnn2C)c1. The summed E-state index contributed by atoms with van der Waals surface area (Å²) >= 11 is 0. The Morgan fingerprint density at radius 2 is 2.28 bits per heavy atom. The molecule has 2 rings (SSSR count). The zero-order valence-electron chi connectivity index (χ0n) is 10.2. The first-order chi connectivity index (χ1) is 8.58. The Hall–Kier alpha value is -2.28. The fourth-order valence-corrected chi connectivity index (χ4v) is 1.47. The Bertz CT molecular complexity index is 562. The highest BCUT2D eigenvalue weighted by molar-refractivity contribution is 5.94. The Labute approximate surface area is 104 Å². The van der Waals surface area contributed by atoms with Crippen LogP contribution in [0.25, 0.3) is 11.4 Å². The lowest BCUT2D eigenvalue weighted by molar-refractivity contribution is -0.117. The molecular weight excluding hydrogens is 232 g/mol. The number of anilines is 1. The Morgan fingerprint density at radius 3 is 2.89 bits per heavy atom. The molecule has 7 heteroatoms. The summed E-state index contributed by atoms with van der Waals surface area (Å²) in [5.74, 6) is 0.398. The van der Waals surface area contributed by atoms with Crippen molar-refractivity contribution >= 4 is 11.6 Å². The Morgan fingerprint density at radius 1 is 1.50 bits per heavy atom. The lowest BCUT2D eigenvalue weighted by Crippen LogP contribution is -2.32. The molecule has 2 aromatic rings. The number of aromatic nitrogens is 4. The van der Waals surface area contributed by atoms with Gasteiger partial charge in [-0.15, -0.1) is 5.10 Å². The first kappa shape index (κ1) is 12.2. The van der Waals surface area contributed by atoms with Crippen LogP contribution in [0.4, 0.5) is 5.69 Å². The number of benzene rings is 1. The van der Waals surface area contributed by atoms with E-state index in [0.717, 1.165) is 5.56 Å². The number of carbonyl (C=O) groups excluding carboxylic acids is 1. The molecule has 0 bridgehead atoms. The summed E-state index contributed by atoms with van der Waals surface area (Å²) < 4.78 is 1.56. The molecular formula is C11H14N6O. The van der Waals surface area contributed by atoms with Crippen LogP contribution in [0.5, 0.6) is 0 Å². The van der Waals surface area contributed by atoms with Gasteiger partial charge in [0.15, 0.2) is 5.82 Å². The van der Waals surface area contributed by atoms with Crippen LogP contribution in [0.15, 0.2) is 24.3 Å². The van der Waals surface area contributed by atoms with Crippen LogP contribution in [0, 0.1) is 0 Å². The number of carbonyl (C=O) groups is 1. The number of nitrogens with two attached hydrogens (primary N) is 1. The highest BCUT2D eigenvalue weighted by atomic mass is 16.2. The fourth-order valence-electron chi connectivity index (χ4n) is 1.47. The minimum absolute atomic E-state index is 0.233. The molecule has 0 unspecified atom stereocenters. The molecule has 1 amide bonds. The average molecular weight is 246 g/mol. The van der Waals surface area contributed by atoms with E-state index >= 15 is 0 Å². The Kier molecular flexibility index (Phi) is 3.33. The van der Waals surface area contributed by atoms with E-state index in [9.17, 15) is 4.79 Å². The van der Waals surface area contributed by atoms with Gasteiger partial charge in [0.25, 0.3) is 0 Å². The summed E-state index contributed by atoms with van der Waals surface area (Å²) in [5, 5.41) is 14.0. The van der Waals surface area contributed by atoms with Crippen molar-refractivity contribution < 1.29 is 4.79 Å². The van der Waals surface area contributed by atoms with E-state index in [2.05, 4.69) is 20.8 Å². The summed E-state index contributed by atoms with van der Waals surface area (Å²) in [5.41, 5.74) is 6.98. The number of nitrogens with zero attached hydrogens (tertiary/aromatic N) is 4. The van der Waals surface area contributed by atoms with Gasteiger partial charge in [0, 0.05) is 18.3 Å². The summed E-state index contributed by atoms with van der Waals surface area (Å²) in [6.45, 7) is 1.63. The van der Waals surface area contributed by atoms with Gasteiger partial charge in [-0.05, 0) is 29.5 Å². The van der Waals surface area contributed by atoms with E-state index in [1.807, 2.05) is 12.1 Å². The zero-order valence-corrected chi connectivity index (χ0v) is 10.2. The average Bonchev–Trinajstić information content (AvgIpc) is 2.75. The van der Waals surface area contributed by atoms with Gasteiger partial charge in [0.1, 0.15) is 0 Å². The summed E-state index contributed by atoms with van der Waals surface area (Å²) in [6, 6.07) is 6.72. The molecule has 1 aromatic carbocycles. The van der Waals surface area contributed by atoms with Crippen molar-refractivity contribution in [2.24, 2.45) is 12.8 Å². The van der Waals surface area contributed by atoms with Gasteiger partial charge in [-0.25, -0.2) is 4.68 Å². The summed E-state index contributed by atoms with van der Waals surface area (Å²) in [4.78, 5) is 11.5. The number of rotatable bonds is 3. The second kappa shape index (κ2) is 4.92. The molecule has 0 fully saturated rings. The number of nitrogens with one attached hydrogen (secondary N) is 1. The number of hydrogen-bond donors (Lipinski definition) is 2. The maximum Gasteiger partial charge on any atom is 0.240 e. The van der Waals surface area contributed by atoms with Gasteiger partial charge in [0.05, 0.1) is 6.04 Å². The maximum atomic E-state index is 11.5. The standard InChI is InChI=1S/C11H14N6O/c1-7(12)11(18)13-9-5-3-4-8(6-9)10-14-15-16-17(10)2/h3-7H,12H2,1-2H3,(H,13,18)/t7-/m1/s1. The predicted molar refractivity (Wildman–Crippen MR) is 66.5 cm³/mol. The van der Waals surface area contributed by atoms with Crippen LogP contribution in [0.3, 0.4) is 0 Å². The number of tetrazole rings is 1. The molecule has 1 heterocycles. The van der Waals surface area contributed by atoms with Crippen LogP contribution < -0.4 is 11.1 Å². The topological polar surface area (TPSA) is 98.7 Å². The fraction of sp³-hybridized carbons (Fsp3) is 0.273. The maximum absolute atomic E-state index is 11.5. The molecule has 3 N–H and O–H groups in total. The molecule has 0 saturated carbocycles. The van der Waals surface area contributed by atoms with E-state index in [0.29, 0.717) is 11.5 Å². The van der Waals surface area contributed by atoms with Crippen LogP contribution in [0.1, 0.15) is 6.92 Å². The third-order valence-corrected chi connectivity index (χ3v) is 2.42. The highest BCUT2D eigenvalue weighted by Crippen LogP contribution is 2.19. The molecule has 1 atom stereocenters.